The number of fused-ring (bicyclic) bond motifs is 8. The monoisotopic (exact) mass is 862 g/mol. The third kappa shape index (κ3) is 6.83. The zero-order chi connectivity index (χ0) is 45.6. The van der Waals surface area contributed by atoms with Gasteiger partial charge >= 0.3 is 0 Å². The molecule has 1 aromatic heterocycles. The molecule has 0 radical (unpaired) electrons. The van der Waals surface area contributed by atoms with Crippen LogP contribution in [0.5, 0.6) is 0 Å². The van der Waals surface area contributed by atoms with Crippen molar-refractivity contribution in [3.63, 3.8) is 0 Å². The molecule has 12 rings (SSSR count). The Morgan fingerprint density at radius 2 is 0.806 bits per heavy atom. The maximum Gasteiger partial charge on any atom is 0.252 e. The minimum absolute atomic E-state index is 0.00463. The summed E-state index contributed by atoms with van der Waals surface area (Å²) < 4.78 is 0. The Bertz CT molecular complexity index is 3310. The molecule has 0 unspecified atom stereocenters. The van der Waals surface area contributed by atoms with E-state index >= 15 is 0 Å². The lowest BCUT2D eigenvalue weighted by Gasteiger charge is -2.45. The SMILES string of the molecule is CC(C)(C)c1ccc(N2c3cc(-c4cc(-c5ccccc5)nc(-c5ccccc5)n4)cc4c3B(c3ccc5ccccc5c32)c2ccc3ccccc3c2N4c2ccc(C(C)(C)C)cc2)cc1. The molecule has 67 heavy (non-hydrogen) atoms. The Morgan fingerprint density at radius 3 is 1.27 bits per heavy atom. The highest BCUT2D eigenvalue weighted by Crippen LogP contribution is 2.49. The number of hydrogen-bond donors (Lipinski definition) is 0. The number of rotatable bonds is 5. The molecule has 0 amide bonds. The molecule has 4 nitrogen and oxygen atoms in total. The molecular formula is C62H51BN4. The van der Waals surface area contributed by atoms with Crippen LogP contribution in [0.3, 0.4) is 0 Å². The zero-order valence-electron chi connectivity index (χ0n) is 38.9. The van der Waals surface area contributed by atoms with Crippen LogP contribution in [0.25, 0.3) is 55.4 Å². The van der Waals surface area contributed by atoms with E-state index < -0.39 is 0 Å². The maximum atomic E-state index is 5.47. The number of anilines is 6. The quantitative estimate of drug-likeness (QED) is 0.161. The second kappa shape index (κ2) is 15.4. The van der Waals surface area contributed by atoms with Crippen molar-refractivity contribution in [2.45, 2.75) is 52.4 Å². The average Bonchev–Trinajstić information content (AvgIpc) is 3.36. The van der Waals surface area contributed by atoms with Gasteiger partial charge in [-0.1, -0.05) is 199 Å². The van der Waals surface area contributed by atoms with Crippen LogP contribution in [0.15, 0.2) is 200 Å². The molecule has 0 aliphatic carbocycles. The van der Waals surface area contributed by atoms with Gasteiger partial charge in [0.25, 0.3) is 6.71 Å². The fourth-order valence-electron chi connectivity index (χ4n) is 10.5. The number of nitrogens with zero attached hydrogens (tertiary/aromatic N) is 4. The van der Waals surface area contributed by atoms with E-state index in [0.29, 0.717) is 5.82 Å². The molecule has 2 aliphatic rings. The summed E-state index contributed by atoms with van der Waals surface area (Å²) in [5, 5.41) is 4.87. The highest BCUT2D eigenvalue weighted by Gasteiger charge is 2.45. The summed E-state index contributed by atoms with van der Waals surface area (Å²) in [5.41, 5.74) is 18.2. The minimum Gasteiger partial charge on any atom is -0.311 e. The van der Waals surface area contributed by atoms with Crippen LogP contribution < -0.4 is 26.2 Å². The number of aromatic nitrogens is 2. The summed E-state index contributed by atoms with van der Waals surface area (Å²) >= 11 is 0. The van der Waals surface area contributed by atoms with E-state index in [1.807, 2.05) is 6.07 Å². The second-order valence-corrected chi connectivity index (χ2v) is 20.3. The summed E-state index contributed by atoms with van der Waals surface area (Å²) in [5.74, 6) is 0.693. The highest BCUT2D eigenvalue weighted by molar-refractivity contribution is 7.00. The van der Waals surface area contributed by atoms with Gasteiger partial charge in [-0.2, -0.15) is 0 Å². The van der Waals surface area contributed by atoms with Crippen molar-refractivity contribution in [3.05, 3.63) is 211 Å². The van der Waals surface area contributed by atoms with E-state index in [2.05, 4.69) is 245 Å². The predicted octanol–water partition coefficient (Wildman–Crippen LogP) is 14.5. The van der Waals surface area contributed by atoms with Gasteiger partial charge in [-0.3, -0.25) is 0 Å². The molecule has 0 N–H and O–H groups in total. The van der Waals surface area contributed by atoms with E-state index in [1.165, 1.54) is 60.4 Å². The van der Waals surface area contributed by atoms with Gasteiger partial charge in [0.05, 0.1) is 11.4 Å². The van der Waals surface area contributed by atoms with Gasteiger partial charge in [0.1, 0.15) is 0 Å². The van der Waals surface area contributed by atoms with E-state index in [-0.39, 0.29) is 17.5 Å². The Labute approximate surface area is 394 Å². The first-order valence-electron chi connectivity index (χ1n) is 23.5. The Balaban J connectivity index is 1.22. The summed E-state index contributed by atoms with van der Waals surface area (Å²) in [6, 6.07) is 73.6. The van der Waals surface area contributed by atoms with Crippen molar-refractivity contribution in [1.29, 1.82) is 0 Å². The largest absolute Gasteiger partial charge is 0.311 e. The fraction of sp³-hybridized carbons (Fsp3) is 0.129. The summed E-state index contributed by atoms with van der Waals surface area (Å²) in [6.45, 7) is 13.7. The highest BCUT2D eigenvalue weighted by atomic mass is 15.2. The first-order valence-corrected chi connectivity index (χ1v) is 23.5. The summed E-state index contributed by atoms with van der Waals surface area (Å²) in [4.78, 5) is 15.8. The topological polar surface area (TPSA) is 32.3 Å². The van der Waals surface area contributed by atoms with Crippen LogP contribution in [0.4, 0.5) is 34.1 Å². The van der Waals surface area contributed by atoms with Crippen LogP contribution in [0.2, 0.25) is 0 Å². The molecule has 2 aliphatic heterocycles. The Hall–Kier alpha value is -7.76. The van der Waals surface area contributed by atoms with E-state index in [9.17, 15) is 0 Å². The van der Waals surface area contributed by atoms with Gasteiger partial charge in [0, 0.05) is 61.6 Å². The van der Waals surface area contributed by atoms with Gasteiger partial charge in [-0.05, 0) is 91.6 Å². The summed E-state index contributed by atoms with van der Waals surface area (Å²) in [7, 11) is 0. The third-order valence-corrected chi connectivity index (χ3v) is 13.9. The Morgan fingerprint density at radius 1 is 0.388 bits per heavy atom. The average molecular weight is 863 g/mol. The van der Waals surface area contributed by atoms with Crippen LogP contribution in [-0.2, 0) is 10.8 Å². The molecule has 0 spiro atoms. The van der Waals surface area contributed by atoms with Crippen LogP contribution >= 0.6 is 0 Å². The molecular weight excluding hydrogens is 812 g/mol. The number of hydrogen-bond acceptors (Lipinski definition) is 4. The maximum absolute atomic E-state index is 5.47. The number of benzene rings is 9. The lowest BCUT2D eigenvalue weighted by Crippen LogP contribution is -2.61. The van der Waals surface area contributed by atoms with E-state index in [4.69, 9.17) is 9.97 Å². The van der Waals surface area contributed by atoms with Gasteiger partial charge in [-0.15, -0.1) is 0 Å². The molecule has 9 aromatic carbocycles. The zero-order valence-corrected chi connectivity index (χ0v) is 38.9. The van der Waals surface area contributed by atoms with E-state index in [0.717, 1.165) is 50.8 Å². The smallest absolute Gasteiger partial charge is 0.252 e. The molecule has 0 fully saturated rings. The van der Waals surface area contributed by atoms with Crippen LogP contribution in [0.1, 0.15) is 52.7 Å². The standard InChI is InChI=1S/C62H51BN4/c1-61(2,3)45-27-31-47(32-28-45)66-55-37-44(54-39-53(42-19-9-7-10-20-42)64-60(65-54)43-21-11-8-12-22-43)38-56-57(55)63(51-35-25-40-17-13-15-23-49(40)58(51)66)52-36-26-41-18-14-16-24-50(41)59(52)67(56)48-33-29-46(30-34-48)62(4,5)6/h7-39H,1-6H3. The predicted molar refractivity (Wildman–Crippen MR) is 285 cm³/mol. The van der Waals surface area contributed by atoms with Gasteiger partial charge in [0.2, 0.25) is 0 Å². The summed E-state index contributed by atoms with van der Waals surface area (Å²) in [6.07, 6.45) is 0. The van der Waals surface area contributed by atoms with Crippen molar-refractivity contribution >= 4 is 78.8 Å². The lowest BCUT2D eigenvalue weighted by atomic mass is 9.33. The van der Waals surface area contributed by atoms with Crippen molar-refractivity contribution in [2.75, 3.05) is 9.80 Å². The van der Waals surface area contributed by atoms with Crippen molar-refractivity contribution in [2.24, 2.45) is 0 Å². The minimum atomic E-state index is -0.0568. The van der Waals surface area contributed by atoms with Crippen molar-refractivity contribution in [1.82, 2.24) is 9.97 Å². The van der Waals surface area contributed by atoms with Crippen molar-refractivity contribution < 1.29 is 0 Å². The van der Waals surface area contributed by atoms with Crippen LogP contribution in [-0.4, -0.2) is 16.7 Å². The van der Waals surface area contributed by atoms with Crippen molar-refractivity contribution in [3.8, 4) is 33.9 Å². The van der Waals surface area contributed by atoms with Gasteiger partial charge in [0.15, 0.2) is 5.82 Å². The molecule has 322 valence electrons. The molecule has 0 bridgehead atoms. The van der Waals surface area contributed by atoms with E-state index in [1.54, 1.807) is 0 Å². The van der Waals surface area contributed by atoms with Crippen LogP contribution in [0, 0.1) is 0 Å². The third-order valence-electron chi connectivity index (χ3n) is 13.9. The Kier molecular flexibility index (Phi) is 9.38. The van der Waals surface area contributed by atoms with Gasteiger partial charge in [-0.25, -0.2) is 9.97 Å². The molecule has 10 aromatic rings. The molecule has 0 saturated carbocycles. The first-order chi connectivity index (χ1) is 32.5. The molecule has 0 atom stereocenters. The fourth-order valence-corrected chi connectivity index (χ4v) is 10.5. The lowest BCUT2D eigenvalue weighted by molar-refractivity contribution is 0.590. The molecule has 5 heteroatoms. The molecule has 3 heterocycles. The molecule has 0 saturated heterocycles. The van der Waals surface area contributed by atoms with Gasteiger partial charge < -0.3 is 9.80 Å². The second-order valence-electron chi connectivity index (χ2n) is 20.3. The normalized spacial score (nSPS) is 13.1. The first kappa shape index (κ1) is 40.7.